The molecule has 0 saturated carbocycles. The number of hydrogen-bond acceptors (Lipinski definition) is 2. The summed E-state index contributed by atoms with van der Waals surface area (Å²) in [4.78, 5) is 0. The van der Waals surface area contributed by atoms with Gasteiger partial charge in [-0.2, -0.15) is 0 Å². The number of allylic oxidation sites excluding steroid dienone is 6. The van der Waals surface area contributed by atoms with Gasteiger partial charge in [0.2, 0.25) is 0 Å². The van der Waals surface area contributed by atoms with Crippen LogP contribution in [0.3, 0.4) is 0 Å². The zero-order chi connectivity index (χ0) is 18.0. The standard InChI is InChI=1S/C24H24N2/c1-2-3-4-8-19-25-22-15-11-20(12-16-22)21-13-17-24(18-14-21)26-23-9-6-5-7-10-23/h2-15,17-19,22,25-26H,1,16H2/b4-3-,19-8-. The minimum absolute atomic E-state index is 0.339. The van der Waals surface area contributed by atoms with Gasteiger partial charge in [-0.25, -0.2) is 0 Å². The Labute approximate surface area is 156 Å². The molecule has 2 aromatic rings. The zero-order valence-electron chi connectivity index (χ0n) is 14.8. The average Bonchev–Trinajstić information content (AvgIpc) is 2.70. The van der Waals surface area contributed by atoms with Crippen molar-refractivity contribution in [1.29, 1.82) is 0 Å². The average molecular weight is 340 g/mol. The van der Waals surface area contributed by atoms with Crippen LogP contribution in [0.1, 0.15) is 12.0 Å². The molecule has 0 fully saturated rings. The molecule has 0 heterocycles. The van der Waals surface area contributed by atoms with Gasteiger partial charge in [-0.05, 0) is 54.1 Å². The summed E-state index contributed by atoms with van der Waals surface area (Å²) in [6, 6.07) is 19.1. The van der Waals surface area contributed by atoms with E-state index in [2.05, 4.69) is 71.8 Å². The van der Waals surface area contributed by atoms with Gasteiger partial charge < -0.3 is 10.6 Å². The Balaban J connectivity index is 1.55. The molecule has 0 radical (unpaired) electrons. The third-order valence-corrected chi connectivity index (χ3v) is 4.15. The van der Waals surface area contributed by atoms with Crippen molar-refractivity contribution in [3.05, 3.63) is 115 Å². The fourth-order valence-corrected chi connectivity index (χ4v) is 2.77. The van der Waals surface area contributed by atoms with E-state index in [9.17, 15) is 0 Å². The van der Waals surface area contributed by atoms with E-state index in [0.717, 1.165) is 17.8 Å². The summed E-state index contributed by atoms with van der Waals surface area (Å²) in [5, 5.41) is 6.79. The van der Waals surface area contributed by atoms with Crippen molar-refractivity contribution in [3.63, 3.8) is 0 Å². The fraction of sp³-hybridized carbons (Fsp3) is 0.0833. The summed E-state index contributed by atoms with van der Waals surface area (Å²) < 4.78 is 0. The summed E-state index contributed by atoms with van der Waals surface area (Å²) in [6.07, 6.45) is 17.2. The van der Waals surface area contributed by atoms with E-state index in [-0.39, 0.29) is 0 Å². The van der Waals surface area contributed by atoms with Crippen LogP contribution < -0.4 is 10.6 Å². The molecule has 1 aliphatic rings. The molecule has 0 amide bonds. The number of benzene rings is 2. The topological polar surface area (TPSA) is 24.1 Å². The van der Waals surface area contributed by atoms with Crippen molar-refractivity contribution < 1.29 is 0 Å². The van der Waals surface area contributed by atoms with Crippen molar-refractivity contribution in [3.8, 4) is 0 Å². The van der Waals surface area contributed by atoms with E-state index in [1.807, 2.05) is 42.6 Å². The molecule has 2 aromatic carbocycles. The van der Waals surface area contributed by atoms with Crippen molar-refractivity contribution >= 4 is 16.9 Å². The monoisotopic (exact) mass is 340 g/mol. The maximum atomic E-state index is 3.65. The van der Waals surface area contributed by atoms with Crippen molar-refractivity contribution in [2.24, 2.45) is 0 Å². The number of anilines is 2. The molecule has 2 nitrogen and oxygen atoms in total. The molecule has 2 heteroatoms. The van der Waals surface area contributed by atoms with E-state index in [1.165, 1.54) is 11.1 Å². The van der Waals surface area contributed by atoms with E-state index >= 15 is 0 Å². The second-order valence-corrected chi connectivity index (χ2v) is 6.08. The van der Waals surface area contributed by atoms with Gasteiger partial charge in [-0.15, -0.1) is 0 Å². The minimum Gasteiger partial charge on any atom is -0.384 e. The van der Waals surface area contributed by atoms with E-state index < -0.39 is 0 Å². The van der Waals surface area contributed by atoms with Crippen LogP contribution in [0.2, 0.25) is 0 Å². The predicted molar refractivity (Wildman–Crippen MR) is 113 cm³/mol. The molecule has 26 heavy (non-hydrogen) atoms. The number of rotatable bonds is 7. The van der Waals surface area contributed by atoms with Crippen molar-refractivity contribution in [2.45, 2.75) is 12.5 Å². The summed E-state index contributed by atoms with van der Waals surface area (Å²) in [6.45, 7) is 3.65. The lowest BCUT2D eigenvalue weighted by molar-refractivity contribution is 0.706. The third kappa shape index (κ3) is 5.12. The molecule has 0 spiro atoms. The molecule has 1 aliphatic carbocycles. The van der Waals surface area contributed by atoms with Crippen LogP contribution in [0.4, 0.5) is 11.4 Å². The van der Waals surface area contributed by atoms with Gasteiger partial charge in [0.15, 0.2) is 0 Å². The van der Waals surface area contributed by atoms with Gasteiger partial charge >= 0.3 is 0 Å². The first-order chi connectivity index (χ1) is 12.8. The highest BCUT2D eigenvalue weighted by atomic mass is 14.9. The van der Waals surface area contributed by atoms with Crippen LogP contribution in [0, 0.1) is 0 Å². The summed E-state index contributed by atoms with van der Waals surface area (Å²) in [5.41, 5.74) is 4.70. The highest BCUT2D eigenvalue weighted by molar-refractivity contribution is 5.76. The van der Waals surface area contributed by atoms with Crippen molar-refractivity contribution in [1.82, 2.24) is 5.32 Å². The molecule has 1 unspecified atom stereocenters. The van der Waals surface area contributed by atoms with Gasteiger partial charge in [0, 0.05) is 17.4 Å². The lowest BCUT2D eigenvalue weighted by atomic mass is 9.97. The third-order valence-electron chi connectivity index (χ3n) is 4.15. The van der Waals surface area contributed by atoms with Crippen LogP contribution in [-0.4, -0.2) is 6.04 Å². The van der Waals surface area contributed by atoms with Gasteiger partial charge in [0.1, 0.15) is 0 Å². The molecule has 2 N–H and O–H groups in total. The van der Waals surface area contributed by atoms with Crippen LogP contribution in [0.25, 0.3) is 5.57 Å². The lowest BCUT2D eigenvalue weighted by Crippen LogP contribution is -2.22. The van der Waals surface area contributed by atoms with Gasteiger partial charge in [0.05, 0.1) is 0 Å². The molecular weight excluding hydrogens is 316 g/mol. The molecule has 1 atom stereocenters. The summed E-state index contributed by atoms with van der Waals surface area (Å²) in [5.74, 6) is 0. The first-order valence-electron chi connectivity index (χ1n) is 8.86. The first-order valence-corrected chi connectivity index (χ1v) is 8.86. The summed E-state index contributed by atoms with van der Waals surface area (Å²) in [7, 11) is 0. The SMILES string of the molecule is C=C/C=C\C=C/NC1C=CC(c2ccc(Nc3ccccc3)cc2)=CC1. The lowest BCUT2D eigenvalue weighted by Gasteiger charge is -2.17. The Morgan fingerprint density at radius 2 is 1.65 bits per heavy atom. The van der Waals surface area contributed by atoms with Crippen molar-refractivity contribution in [2.75, 3.05) is 5.32 Å². The van der Waals surface area contributed by atoms with Crippen LogP contribution >= 0.6 is 0 Å². The minimum atomic E-state index is 0.339. The van der Waals surface area contributed by atoms with Gasteiger partial charge in [-0.1, -0.05) is 73.4 Å². The maximum absolute atomic E-state index is 3.65. The molecule has 130 valence electrons. The Kier molecular flexibility index (Phi) is 6.27. The molecule has 3 rings (SSSR count). The Morgan fingerprint density at radius 3 is 2.35 bits per heavy atom. The predicted octanol–water partition coefficient (Wildman–Crippen LogP) is 5.99. The van der Waals surface area contributed by atoms with Gasteiger partial charge in [0.25, 0.3) is 0 Å². The second kappa shape index (κ2) is 9.28. The Morgan fingerprint density at radius 1 is 0.885 bits per heavy atom. The quantitative estimate of drug-likeness (QED) is 0.605. The smallest absolute Gasteiger partial charge is 0.0476 e. The van der Waals surface area contributed by atoms with Crippen LogP contribution in [-0.2, 0) is 0 Å². The molecule has 0 aliphatic heterocycles. The largest absolute Gasteiger partial charge is 0.384 e. The zero-order valence-corrected chi connectivity index (χ0v) is 14.8. The molecule has 0 saturated heterocycles. The van der Waals surface area contributed by atoms with E-state index in [1.54, 1.807) is 6.08 Å². The fourth-order valence-electron chi connectivity index (χ4n) is 2.77. The molecule has 0 aromatic heterocycles. The van der Waals surface area contributed by atoms with E-state index in [0.29, 0.717) is 6.04 Å². The highest BCUT2D eigenvalue weighted by Gasteiger charge is 2.08. The van der Waals surface area contributed by atoms with E-state index in [4.69, 9.17) is 0 Å². The number of nitrogens with one attached hydrogen (secondary N) is 2. The Hall–Kier alpha value is -3.26. The number of para-hydroxylation sites is 1. The highest BCUT2D eigenvalue weighted by Crippen LogP contribution is 2.24. The summed E-state index contributed by atoms with van der Waals surface area (Å²) >= 11 is 0. The van der Waals surface area contributed by atoms with Crippen LogP contribution in [0.5, 0.6) is 0 Å². The molecule has 0 bridgehead atoms. The molecular formula is C24H24N2. The Bertz CT molecular complexity index is 824. The van der Waals surface area contributed by atoms with Crippen LogP contribution in [0.15, 0.2) is 110 Å². The first kappa shape index (κ1) is 17.6. The number of hydrogen-bond donors (Lipinski definition) is 2. The normalized spacial score (nSPS) is 16.6. The second-order valence-electron chi connectivity index (χ2n) is 6.08. The van der Waals surface area contributed by atoms with Gasteiger partial charge in [-0.3, -0.25) is 0 Å². The maximum Gasteiger partial charge on any atom is 0.0476 e.